The summed E-state index contributed by atoms with van der Waals surface area (Å²) in [6.45, 7) is 12.4. The number of pyridine rings is 1. The zero-order chi connectivity index (χ0) is 12.7. The van der Waals surface area contributed by atoms with Crippen molar-refractivity contribution in [3.8, 4) is 0 Å². The molecular weight excluding hydrogens is 208 g/mol. The van der Waals surface area contributed by atoms with Crippen LogP contribution in [0.2, 0.25) is 0 Å². The summed E-state index contributed by atoms with van der Waals surface area (Å²) in [4.78, 5) is 7.02. The molecule has 2 nitrogen and oxygen atoms in total. The molecule has 0 N–H and O–H groups in total. The summed E-state index contributed by atoms with van der Waals surface area (Å²) < 4.78 is 0. The van der Waals surface area contributed by atoms with Crippen molar-refractivity contribution in [3.05, 3.63) is 29.6 Å². The van der Waals surface area contributed by atoms with Gasteiger partial charge in [0, 0.05) is 18.4 Å². The summed E-state index contributed by atoms with van der Waals surface area (Å²) in [6.07, 6.45) is 4.26. The fourth-order valence-electron chi connectivity index (χ4n) is 2.20. The molecule has 0 unspecified atom stereocenters. The maximum atomic E-state index is 4.51. The van der Waals surface area contributed by atoms with Gasteiger partial charge in [0.15, 0.2) is 0 Å². The van der Waals surface area contributed by atoms with Crippen molar-refractivity contribution in [2.45, 2.75) is 46.5 Å². The van der Waals surface area contributed by atoms with E-state index in [1.54, 1.807) is 0 Å². The lowest BCUT2D eigenvalue weighted by Crippen LogP contribution is -2.27. The first kappa shape index (κ1) is 14.2. The molecule has 0 spiro atoms. The van der Waals surface area contributed by atoms with E-state index in [1.807, 2.05) is 6.20 Å². The normalized spacial score (nSPS) is 11.4. The number of aromatic nitrogens is 1. The molecule has 0 saturated carbocycles. The van der Waals surface area contributed by atoms with Crippen molar-refractivity contribution in [1.29, 1.82) is 0 Å². The first-order valence-corrected chi connectivity index (χ1v) is 6.85. The minimum absolute atomic E-state index is 0.521. The Morgan fingerprint density at radius 2 is 2.00 bits per heavy atom. The van der Waals surface area contributed by atoms with Crippen LogP contribution in [0.3, 0.4) is 0 Å². The van der Waals surface area contributed by atoms with Gasteiger partial charge in [-0.15, -0.1) is 0 Å². The molecule has 0 aliphatic rings. The summed E-state index contributed by atoms with van der Waals surface area (Å²) in [5.41, 5.74) is 2.68. The second-order valence-corrected chi connectivity index (χ2v) is 4.89. The van der Waals surface area contributed by atoms with E-state index in [9.17, 15) is 0 Å². The highest BCUT2D eigenvalue weighted by atomic mass is 15.1. The van der Waals surface area contributed by atoms with Gasteiger partial charge in [-0.3, -0.25) is 4.98 Å². The summed E-state index contributed by atoms with van der Waals surface area (Å²) in [5, 5.41) is 0. The molecule has 2 heteroatoms. The van der Waals surface area contributed by atoms with E-state index in [-0.39, 0.29) is 0 Å². The van der Waals surface area contributed by atoms with Crippen LogP contribution >= 0.6 is 0 Å². The zero-order valence-corrected chi connectivity index (χ0v) is 11.7. The molecule has 96 valence electrons. The summed E-state index contributed by atoms with van der Waals surface area (Å²) in [6, 6.07) is 4.28. The van der Waals surface area contributed by atoms with Crippen LogP contribution in [0.1, 0.15) is 51.3 Å². The van der Waals surface area contributed by atoms with Gasteiger partial charge in [-0.25, -0.2) is 0 Å². The zero-order valence-electron chi connectivity index (χ0n) is 11.7. The van der Waals surface area contributed by atoms with Crippen LogP contribution in [-0.4, -0.2) is 29.5 Å². The van der Waals surface area contributed by atoms with Crippen molar-refractivity contribution in [2.24, 2.45) is 0 Å². The van der Waals surface area contributed by atoms with E-state index in [0.717, 1.165) is 19.5 Å². The van der Waals surface area contributed by atoms with Crippen molar-refractivity contribution >= 4 is 0 Å². The Hall–Kier alpha value is -0.890. The predicted octanol–water partition coefficient (Wildman–Crippen LogP) is 3.48. The highest BCUT2D eigenvalue weighted by Gasteiger charge is 2.08. The lowest BCUT2D eigenvalue weighted by molar-refractivity contribution is 0.292. The topological polar surface area (TPSA) is 16.1 Å². The molecule has 0 saturated heterocycles. The molecule has 0 aliphatic carbocycles. The number of likely N-dealkylation sites (N-methyl/N-ethyl adjacent to an activating group) is 1. The largest absolute Gasteiger partial charge is 0.303 e. The fraction of sp³-hybridized carbons (Fsp3) is 0.667. The Balaban J connectivity index is 2.61. The Kier molecular flexibility index (Phi) is 6.20. The average Bonchev–Trinajstić information content (AvgIpc) is 2.34. The van der Waals surface area contributed by atoms with E-state index >= 15 is 0 Å². The SMILES string of the molecule is CCCN(CC)CCc1cccnc1C(C)C. The van der Waals surface area contributed by atoms with E-state index in [0.29, 0.717) is 5.92 Å². The van der Waals surface area contributed by atoms with Crippen LogP contribution in [0.5, 0.6) is 0 Å². The predicted molar refractivity (Wildman–Crippen MR) is 74.4 cm³/mol. The number of rotatable bonds is 7. The third kappa shape index (κ3) is 4.47. The molecule has 1 heterocycles. The van der Waals surface area contributed by atoms with Crippen LogP contribution in [0, 0.1) is 0 Å². The van der Waals surface area contributed by atoms with Crippen molar-refractivity contribution in [3.63, 3.8) is 0 Å². The number of nitrogens with zero attached hydrogens (tertiary/aromatic N) is 2. The monoisotopic (exact) mass is 234 g/mol. The molecule has 0 atom stereocenters. The molecule has 0 radical (unpaired) electrons. The molecule has 17 heavy (non-hydrogen) atoms. The summed E-state index contributed by atoms with van der Waals surface area (Å²) in [7, 11) is 0. The highest BCUT2D eigenvalue weighted by Crippen LogP contribution is 2.17. The molecule has 1 aromatic rings. The summed E-state index contributed by atoms with van der Waals surface area (Å²) >= 11 is 0. The second-order valence-electron chi connectivity index (χ2n) is 4.89. The van der Waals surface area contributed by atoms with Crippen LogP contribution in [0.15, 0.2) is 18.3 Å². The van der Waals surface area contributed by atoms with Gasteiger partial charge in [-0.05, 0) is 43.5 Å². The first-order chi connectivity index (χ1) is 8.19. The maximum Gasteiger partial charge on any atom is 0.0461 e. The van der Waals surface area contributed by atoms with Gasteiger partial charge in [0.1, 0.15) is 0 Å². The lowest BCUT2D eigenvalue weighted by Gasteiger charge is -2.20. The minimum Gasteiger partial charge on any atom is -0.303 e. The molecular formula is C15H26N2. The molecule has 0 bridgehead atoms. The van der Waals surface area contributed by atoms with Crippen molar-refractivity contribution in [1.82, 2.24) is 9.88 Å². The van der Waals surface area contributed by atoms with Gasteiger partial charge in [0.05, 0.1) is 0 Å². The Morgan fingerprint density at radius 1 is 1.24 bits per heavy atom. The minimum atomic E-state index is 0.521. The third-order valence-corrected chi connectivity index (χ3v) is 3.16. The van der Waals surface area contributed by atoms with Crippen LogP contribution < -0.4 is 0 Å². The van der Waals surface area contributed by atoms with Crippen LogP contribution in [0.4, 0.5) is 0 Å². The quantitative estimate of drug-likeness (QED) is 0.718. The van der Waals surface area contributed by atoms with Gasteiger partial charge in [0.2, 0.25) is 0 Å². The molecule has 0 aliphatic heterocycles. The first-order valence-electron chi connectivity index (χ1n) is 6.85. The maximum absolute atomic E-state index is 4.51. The Bertz CT molecular complexity index is 320. The van der Waals surface area contributed by atoms with Gasteiger partial charge in [0.25, 0.3) is 0 Å². The third-order valence-electron chi connectivity index (χ3n) is 3.16. The molecule has 1 aromatic heterocycles. The summed E-state index contributed by atoms with van der Waals surface area (Å²) in [5.74, 6) is 0.521. The van der Waals surface area contributed by atoms with Crippen molar-refractivity contribution in [2.75, 3.05) is 19.6 Å². The second kappa shape index (κ2) is 7.44. The Morgan fingerprint density at radius 3 is 2.59 bits per heavy atom. The molecule has 0 aromatic carbocycles. The number of hydrogen-bond acceptors (Lipinski definition) is 2. The van der Waals surface area contributed by atoms with Gasteiger partial charge < -0.3 is 4.90 Å². The number of hydrogen-bond donors (Lipinski definition) is 0. The van der Waals surface area contributed by atoms with Gasteiger partial charge >= 0.3 is 0 Å². The van der Waals surface area contributed by atoms with Gasteiger partial charge in [-0.1, -0.05) is 33.8 Å². The van der Waals surface area contributed by atoms with E-state index in [1.165, 1.54) is 24.2 Å². The van der Waals surface area contributed by atoms with Gasteiger partial charge in [-0.2, -0.15) is 0 Å². The van der Waals surface area contributed by atoms with Crippen LogP contribution in [-0.2, 0) is 6.42 Å². The van der Waals surface area contributed by atoms with Crippen molar-refractivity contribution < 1.29 is 0 Å². The molecule has 0 fully saturated rings. The van der Waals surface area contributed by atoms with E-state index in [2.05, 4.69) is 49.7 Å². The average molecular weight is 234 g/mol. The Labute approximate surface area is 106 Å². The van der Waals surface area contributed by atoms with Crippen LogP contribution in [0.25, 0.3) is 0 Å². The fourth-order valence-corrected chi connectivity index (χ4v) is 2.20. The smallest absolute Gasteiger partial charge is 0.0461 e. The molecule has 0 amide bonds. The standard InChI is InChI=1S/C15H26N2/c1-5-11-17(6-2)12-9-14-8-7-10-16-15(14)13(3)4/h7-8,10,13H,5-6,9,11-12H2,1-4H3. The van der Waals surface area contributed by atoms with E-state index < -0.39 is 0 Å². The highest BCUT2D eigenvalue weighted by molar-refractivity contribution is 5.22. The van der Waals surface area contributed by atoms with E-state index in [4.69, 9.17) is 0 Å². The molecule has 1 rings (SSSR count). The lowest BCUT2D eigenvalue weighted by atomic mass is 10.0.